The topological polar surface area (TPSA) is 113 Å². The molecule has 2 aromatic carbocycles. The third-order valence-corrected chi connectivity index (χ3v) is 3.56. The minimum atomic E-state index is -1.36. The first-order chi connectivity index (χ1) is 11.6. The van der Waals surface area contributed by atoms with E-state index in [9.17, 15) is 9.59 Å². The molecular formula is C17H14N2O5. The number of amides is 1. The molecule has 0 aliphatic heterocycles. The Bertz CT molecular complexity index is 888. The van der Waals surface area contributed by atoms with Gasteiger partial charge in [-0.05, 0) is 18.2 Å². The summed E-state index contributed by atoms with van der Waals surface area (Å²) in [4.78, 5) is 23.1. The molecule has 0 fully saturated rings. The van der Waals surface area contributed by atoms with Crippen molar-refractivity contribution in [2.24, 2.45) is 0 Å². The van der Waals surface area contributed by atoms with E-state index in [-0.39, 0.29) is 5.56 Å². The summed E-state index contributed by atoms with van der Waals surface area (Å²) in [5, 5.41) is 24.8. The van der Waals surface area contributed by atoms with E-state index in [1.807, 2.05) is 30.3 Å². The van der Waals surface area contributed by atoms with Crippen LogP contribution in [0.2, 0.25) is 0 Å². The number of hydrogen-bond acceptors (Lipinski definition) is 5. The quantitative estimate of drug-likeness (QED) is 0.657. The number of carbonyl (C=O) groups excluding carboxylic acids is 1. The van der Waals surface area contributed by atoms with E-state index < -0.39 is 24.5 Å². The lowest BCUT2D eigenvalue weighted by molar-refractivity contribution is -0.140. The van der Waals surface area contributed by atoms with E-state index in [0.29, 0.717) is 16.7 Å². The lowest BCUT2D eigenvalue weighted by atomic mass is 10.1. The molecule has 7 heteroatoms. The lowest BCUT2D eigenvalue weighted by Gasteiger charge is -2.11. The molecule has 122 valence electrons. The smallest absolute Gasteiger partial charge is 0.328 e. The van der Waals surface area contributed by atoms with Gasteiger partial charge in [0.15, 0.2) is 11.8 Å². The summed E-state index contributed by atoms with van der Waals surface area (Å²) in [6.45, 7) is -0.689. The number of aliphatic carboxylic acids is 1. The van der Waals surface area contributed by atoms with E-state index in [1.54, 1.807) is 12.1 Å². The van der Waals surface area contributed by atoms with E-state index >= 15 is 0 Å². The van der Waals surface area contributed by atoms with E-state index in [2.05, 4.69) is 10.5 Å². The highest BCUT2D eigenvalue weighted by Crippen LogP contribution is 2.29. The minimum absolute atomic E-state index is 0.252. The number of carboxylic acid groups (broad SMARTS) is 1. The first-order valence-electron chi connectivity index (χ1n) is 7.19. The van der Waals surface area contributed by atoms with Crippen LogP contribution >= 0.6 is 0 Å². The van der Waals surface area contributed by atoms with Crippen LogP contribution in [0, 0.1) is 0 Å². The van der Waals surface area contributed by atoms with Gasteiger partial charge in [-0.2, -0.15) is 0 Å². The van der Waals surface area contributed by atoms with Gasteiger partial charge in [-0.15, -0.1) is 0 Å². The molecule has 3 rings (SSSR count). The fourth-order valence-electron chi connectivity index (χ4n) is 2.31. The number of carboxylic acids is 1. The maximum atomic E-state index is 12.2. The average Bonchev–Trinajstić information content (AvgIpc) is 3.03. The van der Waals surface area contributed by atoms with Gasteiger partial charge in [0.1, 0.15) is 5.52 Å². The maximum absolute atomic E-state index is 12.2. The van der Waals surface area contributed by atoms with Gasteiger partial charge < -0.3 is 20.1 Å². The maximum Gasteiger partial charge on any atom is 0.328 e. The predicted octanol–water partition coefficient (Wildman–Crippen LogP) is 1.67. The van der Waals surface area contributed by atoms with Crippen LogP contribution in [-0.4, -0.2) is 39.9 Å². The molecule has 0 bridgehead atoms. The number of aliphatic hydroxyl groups is 1. The zero-order chi connectivity index (χ0) is 17.1. The molecular weight excluding hydrogens is 312 g/mol. The SMILES string of the molecule is O=C(NC(CO)C(=O)O)c1ccc2noc(-c3ccccc3)c2c1. The number of fused-ring (bicyclic) bond motifs is 1. The van der Waals surface area contributed by atoms with Gasteiger partial charge in [-0.3, -0.25) is 4.79 Å². The number of nitrogens with zero attached hydrogens (tertiary/aromatic N) is 1. The monoisotopic (exact) mass is 326 g/mol. The second kappa shape index (κ2) is 6.51. The standard InChI is InChI=1S/C17H14N2O5/c20-9-14(17(22)23)18-16(21)11-6-7-13-12(8-11)15(24-19-13)10-4-2-1-3-5-10/h1-8,14,20H,9H2,(H,18,21)(H,22,23). The van der Waals surface area contributed by atoms with Crippen molar-refractivity contribution < 1.29 is 24.3 Å². The Labute approximate surface area is 136 Å². The molecule has 3 aromatic rings. The number of benzene rings is 2. The van der Waals surface area contributed by atoms with Crippen LogP contribution in [0.5, 0.6) is 0 Å². The van der Waals surface area contributed by atoms with Gasteiger partial charge in [0.25, 0.3) is 5.91 Å². The van der Waals surface area contributed by atoms with Crippen LogP contribution in [-0.2, 0) is 4.79 Å². The Morgan fingerprint density at radius 2 is 1.92 bits per heavy atom. The van der Waals surface area contributed by atoms with Gasteiger partial charge in [0.05, 0.1) is 12.0 Å². The molecule has 0 aliphatic rings. The van der Waals surface area contributed by atoms with Crippen molar-refractivity contribution in [3.63, 3.8) is 0 Å². The highest BCUT2D eigenvalue weighted by atomic mass is 16.5. The lowest BCUT2D eigenvalue weighted by Crippen LogP contribution is -2.43. The summed E-state index contributed by atoms with van der Waals surface area (Å²) >= 11 is 0. The van der Waals surface area contributed by atoms with Crippen LogP contribution < -0.4 is 5.32 Å². The van der Waals surface area contributed by atoms with Crippen molar-refractivity contribution in [1.82, 2.24) is 10.5 Å². The van der Waals surface area contributed by atoms with Crippen LogP contribution in [0.3, 0.4) is 0 Å². The van der Waals surface area contributed by atoms with Crippen LogP contribution in [0.4, 0.5) is 0 Å². The fraction of sp³-hybridized carbons (Fsp3) is 0.118. The van der Waals surface area contributed by atoms with Gasteiger partial charge in [0.2, 0.25) is 0 Å². The van der Waals surface area contributed by atoms with Crippen molar-refractivity contribution in [2.75, 3.05) is 6.61 Å². The number of aliphatic hydroxyl groups excluding tert-OH is 1. The summed E-state index contributed by atoms with van der Waals surface area (Å²) in [6, 6.07) is 12.7. The molecule has 7 nitrogen and oxygen atoms in total. The van der Waals surface area contributed by atoms with Crippen molar-refractivity contribution in [3.8, 4) is 11.3 Å². The molecule has 1 atom stereocenters. The fourth-order valence-corrected chi connectivity index (χ4v) is 2.31. The normalized spacial score (nSPS) is 12.0. The van der Waals surface area contributed by atoms with Gasteiger partial charge in [0, 0.05) is 11.1 Å². The van der Waals surface area contributed by atoms with Crippen molar-refractivity contribution in [2.45, 2.75) is 6.04 Å². The largest absolute Gasteiger partial charge is 0.480 e. The van der Waals surface area contributed by atoms with Crippen LogP contribution in [0.1, 0.15) is 10.4 Å². The first kappa shape index (κ1) is 15.7. The van der Waals surface area contributed by atoms with Crippen LogP contribution in [0.15, 0.2) is 53.1 Å². The zero-order valence-electron chi connectivity index (χ0n) is 12.5. The van der Waals surface area contributed by atoms with E-state index in [0.717, 1.165) is 5.56 Å². The van der Waals surface area contributed by atoms with Gasteiger partial charge in [-0.25, -0.2) is 4.79 Å². The van der Waals surface area contributed by atoms with Crippen molar-refractivity contribution in [3.05, 3.63) is 54.1 Å². The Balaban J connectivity index is 1.96. The average molecular weight is 326 g/mol. The molecule has 3 N–H and O–H groups in total. The Morgan fingerprint density at radius 3 is 2.58 bits per heavy atom. The highest BCUT2D eigenvalue weighted by Gasteiger charge is 2.20. The number of hydrogen-bond donors (Lipinski definition) is 3. The summed E-state index contributed by atoms with van der Waals surface area (Å²) in [7, 11) is 0. The third kappa shape index (κ3) is 2.97. The summed E-state index contributed by atoms with van der Waals surface area (Å²) in [5.74, 6) is -1.38. The number of aromatic nitrogens is 1. The van der Waals surface area contributed by atoms with Crippen molar-refractivity contribution in [1.29, 1.82) is 0 Å². The summed E-state index contributed by atoms with van der Waals surface area (Å²) in [6.07, 6.45) is 0. The van der Waals surface area contributed by atoms with E-state index in [4.69, 9.17) is 14.7 Å². The van der Waals surface area contributed by atoms with E-state index in [1.165, 1.54) is 6.07 Å². The van der Waals surface area contributed by atoms with Crippen molar-refractivity contribution >= 4 is 22.8 Å². The molecule has 1 heterocycles. The molecule has 24 heavy (non-hydrogen) atoms. The molecule has 0 radical (unpaired) electrons. The Kier molecular flexibility index (Phi) is 4.26. The number of carbonyl (C=O) groups is 2. The molecule has 1 unspecified atom stereocenters. The second-order valence-electron chi connectivity index (χ2n) is 5.16. The molecule has 0 aliphatic carbocycles. The summed E-state index contributed by atoms with van der Waals surface area (Å²) < 4.78 is 5.36. The summed E-state index contributed by atoms with van der Waals surface area (Å²) in [5.41, 5.74) is 1.65. The molecule has 0 spiro atoms. The zero-order valence-corrected chi connectivity index (χ0v) is 12.5. The van der Waals surface area contributed by atoms with Crippen LogP contribution in [0.25, 0.3) is 22.2 Å². The highest BCUT2D eigenvalue weighted by molar-refractivity contribution is 6.02. The number of rotatable bonds is 5. The number of nitrogens with one attached hydrogen (secondary N) is 1. The van der Waals surface area contributed by atoms with Gasteiger partial charge in [-0.1, -0.05) is 35.5 Å². The molecule has 1 amide bonds. The minimum Gasteiger partial charge on any atom is -0.480 e. The second-order valence-corrected chi connectivity index (χ2v) is 5.16. The molecule has 0 saturated heterocycles. The first-order valence-corrected chi connectivity index (χ1v) is 7.19. The Morgan fingerprint density at radius 1 is 1.17 bits per heavy atom. The third-order valence-electron chi connectivity index (χ3n) is 3.56. The molecule has 0 saturated carbocycles. The predicted molar refractivity (Wildman–Crippen MR) is 85.4 cm³/mol. The Hall–Kier alpha value is -3.19. The van der Waals surface area contributed by atoms with Gasteiger partial charge >= 0.3 is 5.97 Å². The molecule has 1 aromatic heterocycles.